The van der Waals surface area contributed by atoms with Crippen molar-refractivity contribution in [2.45, 2.75) is 38.4 Å². The minimum atomic E-state index is -0.203. The lowest BCUT2D eigenvalue weighted by molar-refractivity contribution is -0.116. The van der Waals surface area contributed by atoms with Gasteiger partial charge in [-0.15, -0.1) is 0 Å². The van der Waals surface area contributed by atoms with Crippen molar-refractivity contribution in [2.75, 3.05) is 13.4 Å². The lowest BCUT2D eigenvalue weighted by Crippen LogP contribution is -2.47. The van der Waals surface area contributed by atoms with Crippen molar-refractivity contribution in [2.24, 2.45) is 5.92 Å². The summed E-state index contributed by atoms with van der Waals surface area (Å²) in [6, 6.07) is 3.96. The van der Waals surface area contributed by atoms with Crippen molar-refractivity contribution in [3.05, 3.63) is 17.7 Å². The maximum Gasteiger partial charge on any atom is 0.231 e. The molecule has 19 heavy (non-hydrogen) atoms. The van der Waals surface area contributed by atoms with Crippen LogP contribution in [0.3, 0.4) is 0 Å². The van der Waals surface area contributed by atoms with Gasteiger partial charge < -0.3 is 18.9 Å². The lowest BCUT2D eigenvalue weighted by Gasteiger charge is -2.46. The second-order valence-electron chi connectivity index (χ2n) is 5.99. The van der Waals surface area contributed by atoms with Gasteiger partial charge in [-0.25, -0.2) is 0 Å². The van der Waals surface area contributed by atoms with Crippen LogP contribution >= 0.6 is 0 Å². The Kier molecular flexibility index (Phi) is 2.28. The van der Waals surface area contributed by atoms with Crippen molar-refractivity contribution in [3.63, 3.8) is 0 Å². The van der Waals surface area contributed by atoms with Crippen LogP contribution in [0.15, 0.2) is 12.1 Å². The van der Waals surface area contributed by atoms with Gasteiger partial charge in [-0.2, -0.15) is 0 Å². The first kappa shape index (κ1) is 11.4. The molecule has 0 saturated carbocycles. The highest BCUT2D eigenvalue weighted by atomic mass is 16.7. The summed E-state index contributed by atoms with van der Waals surface area (Å²) in [5, 5.41) is 0. The van der Waals surface area contributed by atoms with E-state index in [4.69, 9.17) is 18.9 Å². The van der Waals surface area contributed by atoms with E-state index in [1.165, 1.54) is 0 Å². The Morgan fingerprint density at radius 3 is 2.74 bits per heavy atom. The van der Waals surface area contributed by atoms with E-state index in [1.807, 2.05) is 12.1 Å². The third-order valence-electron chi connectivity index (χ3n) is 4.40. The number of ether oxygens (including phenoxy) is 4. The van der Waals surface area contributed by atoms with E-state index in [0.717, 1.165) is 42.3 Å². The maximum atomic E-state index is 6.20. The van der Waals surface area contributed by atoms with Crippen LogP contribution in [0.2, 0.25) is 0 Å². The molecule has 1 aromatic rings. The highest BCUT2D eigenvalue weighted by Gasteiger charge is 2.46. The zero-order chi connectivity index (χ0) is 13.0. The zero-order valence-electron chi connectivity index (χ0n) is 11.3. The molecule has 0 spiro atoms. The third kappa shape index (κ3) is 1.62. The Balaban J connectivity index is 1.84. The monoisotopic (exact) mass is 262 g/mol. The van der Waals surface area contributed by atoms with Crippen molar-refractivity contribution in [1.82, 2.24) is 0 Å². The molecule has 1 saturated heterocycles. The van der Waals surface area contributed by atoms with Crippen LogP contribution in [-0.2, 0) is 4.74 Å². The summed E-state index contributed by atoms with van der Waals surface area (Å²) < 4.78 is 23.1. The second kappa shape index (κ2) is 3.79. The topological polar surface area (TPSA) is 36.9 Å². The zero-order valence-corrected chi connectivity index (χ0v) is 11.3. The first-order chi connectivity index (χ1) is 9.15. The Hall–Kier alpha value is -1.42. The van der Waals surface area contributed by atoms with Crippen LogP contribution in [0.25, 0.3) is 0 Å². The van der Waals surface area contributed by atoms with Crippen molar-refractivity contribution in [3.8, 4) is 17.2 Å². The quantitative estimate of drug-likeness (QED) is 0.720. The molecule has 0 aromatic heterocycles. The number of fused-ring (bicyclic) bond motifs is 4. The summed E-state index contributed by atoms with van der Waals surface area (Å²) >= 11 is 0. The van der Waals surface area contributed by atoms with Gasteiger partial charge in [0.05, 0.1) is 6.10 Å². The molecular weight excluding hydrogens is 244 g/mol. The van der Waals surface area contributed by atoms with Crippen LogP contribution < -0.4 is 14.2 Å². The molecule has 3 aliphatic heterocycles. The summed E-state index contributed by atoms with van der Waals surface area (Å²) in [6.45, 7) is 5.40. The molecule has 3 aliphatic rings. The maximum absolute atomic E-state index is 6.20. The van der Waals surface area contributed by atoms with Crippen LogP contribution in [0.4, 0.5) is 0 Å². The fourth-order valence-corrected chi connectivity index (χ4v) is 3.41. The highest BCUT2D eigenvalue weighted by Crippen LogP contribution is 2.52. The summed E-state index contributed by atoms with van der Waals surface area (Å²) in [7, 11) is 0. The molecule has 0 aliphatic carbocycles. The molecule has 0 N–H and O–H groups in total. The van der Waals surface area contributed by atoms with Gasteiger partial charge in [-0.05, 0) is 32.8 Å². The highest BCUT2D eigenvalue weighted by molar-refractivity contribution is 5.54. The fraction of sp³-hybridized carbons (Fsp3) is 0.600. The van der Waals surface area contributed by atoms with Gasteiger partial charge >= 0.3 is 0 Å². The SMILES string of the molecule is CC1(C)Oc2cc3c(cc2[C@H]2OCCC[C@@H]21)OCO3. The van der Waals surface area contributed by atoms with Crippen molar-refractivity contribution < 1.29 is 18.9 Å². The second-order valence-corrected chi connectivity index (χ2v) is 5.99. The standard InChI is InChI=1S/C15H18O4/c1-15(2)10-4-3-5-16-14(10)9-6-12-13(18-8-17-12)7-11(9)19-15/h6-7,10,14H,3-5,8H2,1-2H3/t10-,14+/m0/s1. The van der Waals surface area contributed by atoms with Crippen LogP contribution in [-0.4, -0.2) is 19.0 Å². The summed E-state index contributed by atoms with van der Waals surface area (Å²) in [6.07, 6.45) is 2.36. The first-order valence-corrected chi connectivity index (χ1v) is 6.89. The molecule has 4 nitrogen and oxygen atoms in total. The van der Waals surface area contributed by atoms with Gasteiger partial charge in [0.2, 0.25) is 6.79 Å². The predicted octanol–water partition coefficient (Wildman–Crippen LogP) is 3.05. The molecule has 1 aromatic carbocycles. The van der Waals surface area contributed by atoms with Gasteiger partial charge in [-0.3, -0.25) is 0 Å². The van der Waals surface area contributed by atoms with Gasteiger partial charge in [0.15, 0.2) is 11.5 Å². The Labute approximate surface area is 112 Å². The molecule has 0 amide bonds. The Morgan fingerprint density at radius 2 is 1.89 bits per heavy atom. The normalized spacial score (nSPS) is 30.2. The molecule has 1 fully saturated rings. The molecule has 3 heterocycles. The lowest BCUT2D eigenvalue weighted by atomic mass is 9.76. The number of hydrogen-bond donors (Lipinski definition) is 0. The average molecular weight is 262 g/mol. The Bertz CT molecular complexity index is 523. The van der Waals surface area contributed by atoms with Crippen molar-refractivity contribution >= 4 is 0 Å². The van der Waals surface area contributed by atoms with E-state index in [9.17, 15) is 0 Å². The number of hydrogen-bond acceptors (Lipinski definition) is 4. The summed E-state index contributed by atoms with van der Waals surface area (Å²) in [4.78, 5) is 0. The van der Waals surface area contributed by atoms with Gasteiger partial charge in [0, 0.05) is 24.2 Å². The predicted molar refractivity (Wildman–Crippen MR) is 68.7 cm³/mol. The smallest absolute Gasteiger partial charge is 0.231 e. The van der Waals surface area contributed by atoms with Gasteiger partial charge in [0.25, 0.3) is 0 Å². The minimum Gasteiger partial charge on any atom is -0.487 e. The Morgan fingerprint density at radius 1 is 1.11 bits per heavy atom. The third-order valence-corrected chi connectivity index (χ3v) is 4.40. The summed E-state index contributed by atoms with van der Waals surface area (Å²) in [5.41, 5.74) is 0.902. The van der Waals surface area contributed by atoms with E-state index in [0.29, 0.717) is 5.92 Å². The van der Waals surface area contributed by atoms with Crippen molar-refractivity contribution in [1.29, 1.82) is 0 Å². The number of rotatable bonds is 0. The van der Waals surface area contributed by atoms with Crippen LogP contribution in [0, 0.1) is 5.92 Å². The average Bonchev–Trinajstić information content (AvgIpc) is 2.84. The van der Waals surface area contributed by atoms with E-state index in [2.05, 4.69) is 13.8 Å². The van der Waals surface area contributed by atoms with Crippen LogP contribution in [0.5, 0.6) is 17.2 Å². The molecule has 0 radical (unpaired) electrons. The molecule has 4 heteroatoms. The summed E-state index contributed by atoms with van der Waals surface area (Å²) in [5.74, 6) is 2.84. The van der Waals surface area contributed by atoms with Gasteiger partial charge in [-0.1, -0.05) is 0 Å². The number of benzene rings is 1. The first-order valence-electron chi connectivity index (χ1n) is 6.89. The molecule has 0 unspecified atom stereocenters. The molecule has 0 bridgehead atoms. The van der Waals surface area contributed by atoms with Gasteiger partial charge in [0.1, 0.15) is 11.4 Å². The molecule has 2 atom stereocenters. The molecule has 102 valence electrons. The minimum absolute atomic E-state index is 0.113. The molecular formula is C15H18O4. The largest absolute Gasteiger partial charge is 0.487 e. The van der Waals surface area contributed by atoms with Crippen LogP contribution in [0.1, 0.15) is 38.4 Å². The van der Waals surface area contributed by atoms with E-state index >= 15 is 0 Å². The fourth-order valence-electron chi connectivity index (χ4n) is 3.41. The van der Waals surface area contributed by atoms with E-state index in [-0.39, 0.29) is 18.5 Å². The van der Waals surface area contributed by atoms with E-state index in [1.54, 1.807) is 0 Å². The van der Waals surface area contributed by atoms with E-state index < -0.39 is 0 Å². The molecule has 4 rings (SSSR count).